The van der Waals surface area contributed by atoms with Crippen LogP contribution in [0.4, 0.5) is 0 Å². The Morgan fingerprint density at radius 3 is 2.23 bits per heavy atom. The Bertz CT molecular complexity index is 1020. The van der Waals surface area contributed by atoms with E-state index >= 15 is 0 Å². The van der Waals surface area contributed by atoms with Crippen LogP contribution < -0.4 is 4.74 Å². The van der Waals surface area contributed by atoms with Crippen LogP contribution in [-0.2, 0) is 4.74 Å². The Morgan fingerprint density at radius 2 is 1.60 bits per heavy atom. The van der Waals surface area contributed by atoms with Gasteiger partial charge < -0.3 is 9.47 Å². The van der Waals surface area contributed by atoms with Gasteiger partial charge in [-0.05, 0) is 71.7 Å². The van der Waals surface area contributed by atoms with Gasteiger partial charge in [-0.3, -0.25) is 4.57 Å². The number of rotatable bonds is 4. The van der Waals surface area contributed by atoms with Crippen molar-refractivity contribution < 1.29 is 9.47 Å². The maximum absolute atomic E-state index is 6.31. The minimum atomic E-state index is -0.176. The maximum atomic E-state index is 6.31. The molecule has 3 aromatic rings. The molecule has 1 saturated heterocycles. The van der Waals surface area contributed by atoms with Crippen LogP contribution in [0.1, 0.15) is 57.7 Å². The fourth-order valence-electron chi connectivity index (χ4n) is 4.82. The molecule has 0 atom stereocenters. The molecule has 0 radical (unpaired) electrons. The summed E-state index contributed by atoms with van der Waals surface area (Å²) in [6.45, 7) is 10.8. The molecule has 158 valence electrons. The summed E-state index contributed by atoms with van der Waals surface area (Å²) in [6, 6.07) is 16.7. The van der Waals surface area contributed by atoms with Crippen molar-refractivity contribution in [3.63, 3.8) is 0 Å². The molecule has 0 spiro atoms. The summed E-state index contributed by atoms with van der Waals surface area (Å²) in [5.41, 5.74) is 4.10. The number of nitrogens with zero attached hydrogens (tertiary/aromatic N) is 2. The van der Waals surface area contributed by atoms with Gasteiger partial charge in [-0.15, -0.1) is 0 Å². The molecule has 0 amide bonds. The van der Waals surface area contributed by atoms with Crippen LogP contribution in [0.3, 0.4) is 0 Å². The molecular formula is C26H32N2O2. The summed E-state index contributed by atoms with van der Waals surface area (Å²) in [7, 11) is 1.71. The number of benzene rings is 2. The van der Waals surface area contributed by atoms with Crippen LogP contribution in [0.2, 0.25) is 0 Å². The van der Waals surface area contributed by atoms with Gasteiger partial charge in [0, 0.05) is 17.8 Å². The molecular weight excluding hydrogens is 372 g/mol. The first-order valence-corrected chi connectivity index (χ1v) is 10.7. The molecule has 0 aliphatic carbocycles. The summed E-state index contributed by atoms with van der Waals surface area (Å²) in [6.07, 6.45) is 4.11. The second-order valence-electron chi connectivity index (χ2n) is 9.62. The second kappa shape index (κ2) is 7.59. The fraction of sp³-hybridized carbons (Fsp3) is 0.423. The Labute approximate surface area is 179 Å². The minimum Gasteiger partial charge on any atom is -0.496 e. The number of para-hydroxylation sites is 1. The molecule has 1 aromatic heterocycles. The first kappa shape index (κ1) is 20.7. The second-order valence-corrected chi connectivity index (χ2v) is 9.62. The van der Waals surface area contributed by atoms with E-state index in [2.05, 4.69) is 75.7 Å². The molecule has 4 heteroatoms. The van der Waals surface area contributed by atoms with E-state index in [-0.39, 0.29) is 11.2 Å². The van der Waals surface area contributed by atoms with Gasteiger partial charge in [0.1, 0.15) is 11.6 Å². The summed E-state index contributed by atoms with van der Waals surface area (Å²) in [4.78, 5) is 5.17. The highest BCUT2D eigenvalue weighted by Gasteiger charge is 2.41. The number of hydrogen-bond donors (Lipinski definition) is 0. The van der Waals surface area contributed by atoms with E-state index in [1.165, 1.54) is 5.56 Å². The van der Waals surface area contributed by atoms with Crippen LogP contribution in [0, 0.1) is 6.92 Å². The van der Waals surface area contributed by atoms with E-state index in [4.69, 9.17) is 14.5 Å². The molecule has 4 rings (SSSR count). The molecule has 30 heavy (non-hydrogen) atoms. The zero-order valence-corrected chi connectivity index (χ0v) is 18.9. The van der Waals surface area contributed by atoms with Crippen LogP contribution in [-0.4, -0.2) is 27.9 Å². The third-order valence-corrected chi connectivity index (χ3v) is 5.83. The highest BCUT2D eigenvalue weighted by Crippen LogP contribution is 2.44. The largest absolute Gasteiger partial charge is 0.496 e. The first-order chi connectivity index (χ1) is 14.2. The Balaban J connectivity index is 1.85. The first-order valence-electron chi connectivity index (χ1n) is 10.7. The standard InChI is InChI=1S/C26H32N2O2/c1-18-11-13-20(14-12-18)28-17-22(19-15-25(2,3)30-26(4,5)16-19)27-24(28)21-9-7-8-10-23(21)29-6/h7-14,17,19H,15-16H2,1-6H3. The van der Waals surface area contributed by atoms with E-state index in [0.29, 0.717) is 5.92 Å². The number of ether oxygens (including phenoxy) is 2. The zero-order chi connectivity index (χ0) is 21.5. The fourth-order valence-corrected chi connectivity index (χ4v) is 4.82. The van der Waals surface area contributed by atoms with Gasteiger partial charge in [-0.25, -0.2) is 4.98 Å². The summed E-state index contributed by atoms with van der Waals surface area (Å²) in [5, 5.41) is 0. The lowest BCUT2D eigenvalue weighted by Crippen LogP contribution is -2.44. The van der Waals surface area contributed by atoms with Gasteiger partial charge in [0.2, 0.25) is 0 Å². The molecule has 1 fully saturated rings. The highest BCUT2D eigenvalue weighted by atomic mass is 16.5. The van der Waals surface area contributed by atoms with Crippen molar-refractivity contribution in [2.45, 2.75) is 64.6 Å². The lowest BCUT2D eigenvalue weighted by atomic mass is 9.79. The number of hydrogen-bond acceptors (Lipinski definition) is 3. The van der Waals surface area contributed by atoms with Gasteiger partial charge in [-0.2, -0.15) is 0 Å². The highest BCUT2D eigenvalue weighted by molar-refractivity contribution is 5.67. The molecule has 4 nitrogen and oxygen atoms in total. The molecule has 1 aliphatic heterocycles. The number of aromatic nitrogens is 2. The molecule has 0 saturated carbocycles. The van der Waals surface area contributed by atoms with Crippen molar-refractivity contribution >= 4 is 0 Å². The van der Waals surface area contributed by atoms with Gasteiger partial charge in [0.05, 0.1) is 29.6 Å². The summed E-state index contributed by atoms with van der Waals surface area (Å²) >= 11 is 0. The predicted molar refractivity (Wildman–Crippen MR) is 122 cm³/mol. The average molecular weight is 405 g/mol. The van der Waals surface area contributed by atoms with E-state index < -0.39 is 0 Å². The van der Waals surface area contributed by atoms with Crippen molar-refractivity contribution in [1.82, 2.24) is 9.55 Å². The van der Waals surface area contributed by atoms with Gasteiger partial charge in [0.25, 0.3) is 0 Å². The van der Waals surface area contributed by atoms with Gasteiger partial charge >= 0.3 is 0 Å². The van der Waals surface area contributed by atoms with E-state index in [1.54, 1.807) is 7.11 Å². The smallest absolute Gasteiger partial charge is 0.148 e. The van der Waals surface area contributed by atoms with Gasteiger partial charge in [0.15, 0.2) is 0 Å². The number of aryl methyl sites for hydroxylation is 1. The quantitative estimate of drug-likeness (QED) is 0.511. The van der Waals surface area contributed by atoms with Crippen LogP contribution in [0.25, 0.3) is 17.1 Å². The normalized spacial score (nSPS) is 18.3. The SMILES string of the molecule is COc1ccccc1-c1nc(C2CC(C)(C)OC(C)(C)C2)cn1-c1ccc(C)cc1. The van der Waals surface area contributed by atoms with Crippen LogP contribution >= 0.6 is 0 Å². The molecule has 2 heterocycles. The lowest BCUT2D eigenvalue weighted by molar-refractivity contribution is -0.162. The Hall–Kier alpha value is -2.59. The average Bonchev–Trinajstić information content (AvgIpc) is 3.11. The van der Waals surface area contributed by atoms with Crippen molar-refractivity contribution in [1.29, 1.82) is 0 Å². The van der Waals surface area contributed by atoms with Crippen molar-refractivity contribution in [2.75, 3.05) is 7.11 Å². The minimum absolute atomic E-state index is 0.176. The Kier molecular flexibility index (Phi) is 5.23. The van der Waals surface area contributed by atoms with Crippen molar-refractivity contribution in [2.24, 2.45) is 0 Å². The number of imidazole rings is 1. The van der Waals surface area contributed by atoms with Crippen LogP contribution in [0.5, 0.6) is 5.75 Å². The van der Waals surface area contributed by atoms with Crippen LogP contribution in [0.15, 0.2) is 54.7 Å². The summed E-state index contributed by atoms with van der Waals surface area (Å²) < 4.78 is 14.2. The molecule has 1 aliphatic rings. The van der Waals surface area contributed by atoms with Crippen molar-refractivity contribution in [3.05, 3.63) is 66.0 Å². The third kappa shape index (κ3) is 4.15. The third-order valence-electron chi connectivity index (χ3n) is 5.83. The molecule has 2 aromatic carbocycles. The number of methoxy groups -OCH3 is 1. The predicted octanol–water partition coefficient (Wildman–Crippen LogP) is 6.31. The van der Waals surface area contributed by atoms with E-state index in [0.717, 1.165) is 41.4 Å². The van der Waals surface area contributed by atoms with Gasteiger partial charge in [-0.1, -0.05) is 29.8 Å². The molecule has 0 bridgehead atoms. The topological polar surface area (TPSA) is 36.3 Å². The zero-order valence-electron chi connectivity index (χ0n) is 18.9. The lowest BCUT2D eigenvalue weighted by Gasteiger charge is -2.45. The monoisotopic (exact) mass is 404 g/mol. The molecule has 0 N–H and O–H groups in total. The molecule has 0 unspecified atom stereocenters. The van der Waals surface area contributed by atoms with E-state index in [9.17, 15) is 0 Å². The van der Waals surface area contributed by atoms with Crippen molar-refractivity contribution in [3.8, 4) is 22.8 Å². The summed E-state index contributed by atoms with van der Waals surface area (Å²) in [5.74, 6) is 2.08. The maximum Gasteiger partial charge on any atom is 0.148 e. The Morgan fingerprint density at radius 1 is 0.967 bits per heavy atom. The van der Waals surface area contributed by atoms with E-state index in [1.807, 2.05) is 18.2 Å².